The van der Waals surface area contributed by atoms with Gasteiger partial charge >= 0.3 is 6.03 Å². The summed E-state index contributed by atoms with van der Waals surface area (Å²) in [5, 5.41) is 13.3. The summed E-state index contributed by atoms with van der Waals surface area (Å²) in [5.41, 5.74) is 5.50. The number of aromatic nitrogens is 2. The lowest BCUT2D eigenvalue weighted by Crippen LogP contribution is -2.33. The van der Waals surface area contributed by atoms with Crippen LogP contribution in [0.25, 0.3) is 0 Å². The number of anilines is 1. The molecule has 0 radical (unpaired) electrons. The van der Waals surface area contributed by atoms with E-state index >= 15 is 0 Å². The first-order valence-electron chi connectivity index (χ1n) is 11.4. The number of ether oxygens (including phenoxy) is 2. The van der Waals surface area contributed by atoms with Gasteiger partial charge in [-0.3, -0.25) is 0 Å². The van der Waals surface area contributed by atoms with Gasteiger partial charge in [0.15, 0.2) is 9.92 Å². The zero-order valence-corrected chi connectivity index (χ0v) is 20.2. The van der Waals surface area contributed by atoms with Crippen LogP contribution in [0.4, 0.5) is 10.5 Å². The van der Waals surface area contributed by atoms with Crippen molar-refractivity contribution >= 4 is 21.6 Å². The van der Waals surface area contributed by atoms with Crippen LogP contribution in [-0.4, -0.2) is 40.3 Å². The number of rotatable bonds is 4. The predicted molar refractivity (Wildman–Crippen MR) is 125 cm³/mol. The monoisotopic (exact) mass is 473 g/mol. The molecule has 1 aliphatic heterocycles. The first-order valence-corrected chi connectivity index (χ1v) is 13.0. The van der Waals surface area contributed by atoms with E-state index in [0.717, 1.165) is 48.9 Å². The van der Waals surface area contributed by atoms with Crippen molar-refractivity contribution in [3.63, 3.8) is 0 Å². The largest absolute Gasteiger partial charge is 0.476 e. The van der Waals surface area contributed by atoms with Crippen molar-refractivity contribution in [1.29, 1.82) is 0 Å². The normalized spacial score (nSPS) is 22.0. The molecule has 9 nitrogen and oxygen atoms in total. The van der Waals surface area contributed by atoms with Gasteiger partial charge < -0.3 is 14.8 Å². The molecule has 178 valence electrons. The van der Waals surface area contributed by atoms with E-state index in [9.17, 15) is 9.00 Å². The quantitative estimate of drug-likeness (QED) is 0.705. The van der Waals surface area contributed by atoms with E-state index in [4.69, 9.17) is 14.6 Å². The molecular formula is C23H31N5O4S. The third kappa shape index (κ3) is 4.04. The number of benzene rings is 1. The molecule has 0 saturated carbocycles. The zero-order chi connectivity index (χ0) is 23.4. The van der Waals surface area contributed by atoms with E-state index in [-0.39, 0.29) is 16.2 Å². The standard InChI is InChI=1S/C23H31N5O4S/c1-23(2)12-28-21(32-13-23)18(10-25-28)33(24,30)27-22(29)26-20-17-6-4-5-14(17)9-15-7-8-16(11-31-3)19(15)20/h9-10,16H,4-8,11-13H2,1-3H3,(H3,24,26,27,29,30)/t16-,33-/m1/s1. The van der Waals surface area contributed by atoms with Gasteiger partial charge in [-0.25, -0.2) is 18.8 Å². The summed E-state index contributed by atoms with van der Waals surface area (Å²) in [5.74, 6) is 0.535. The van der Waals surface area contributed by atoms with Gasteiger partial charge in [-0.1, -0.05) is 19.9 Å². The number of methoxy groups -OCH3 is 1. The Balaban J connectivity index is 1.48. The number of aryl methyl sites for hydroxylation is 2. The van der Waals surface area contributed by atoms with Crippen LogP contribution in [0.3, 0.4) is 0 Å². The fraction of sp³-hybridized carbons (Fsp3) is 0.565. The molecule has 3 N–H and O–H groups in total. The van der Waals surface area contributed by atoms with Crippen LogP contribution in [0.5, 0.6) is 5.88 Å². The lowest BCUT2D eigenvalue weighted by Gasteiger charge is -2.30. The summed E-state index contributed by atoms with van der Waals surface area (Å²) in [4.78, 5) is 13.2. The predicted octanol–water partition coefficient (Wildman–Crippen LogP) is 3.40. The number of nitrogens with zero attached hydrogens (tertiary/aromatic N) is 3. The topological polar surface area (TPSA) is 121 Å². The average molecular weight is 474 g/mol. The van der Waals surface area contributed by atoms with Crippen molar-refractivity contribution in [1.82, 2.24) is 9.78 Å². The maximum Gasteiger partial charge on any atom is 0.354 e. The number of urea groups is 1. The van der Waals surface area contributed by atoms with Gasteiger partial charge in [-0.05, 0) is 54.4 Å². The van der Waals surface area contributed by atoms with Crippen LogP contribution < -0.4 is 15.2 Å². The first kappa shape index (κ1) is 22.4. The number of fused-ring (bicyclic) bond motifs is 3. The first-order chi connectivity index (χ1) is 15.7. The minimum atomic E-state index is -3.54. The summed E-state index contributed by atoms with van der Waals surface area (Å²) < 4.78 is 30.1. The van der Waals surface area contributed by atoms with Crippen molar-refractivity contribution in [3.05, 3.63) is 34.5 Å². The maximum absolute atomic E-state index is 13.3. The number of hydrogen-bond acceptors (Lipinski definition) is 5. The molecule has 0 saturated heterocycles. The van der Waals surface area contributed by atoms with Gasteiger partial charge in [-0.2, -0.15) is 5.10 Å². The molecule has 0 fully saturated rings. The molecule has 2 amide bonds. The Morgan fingerprint density at radius 2 is 2.21 bits per heavy atom. The Hall–Kier alpha value is -2.43. The second kappa shape index (κ2) is 8.11. The zero-order valence-electron chi connectivity index (χ0n) is 19.3. The maximum atomic E-state index is 13.3. The Morgan fingerprint density at radius 1 is 1.39 bits per heavy atom. The molecule has 0 bridgehead atoms. The molecule has 10 heteroatoms. The van der Waals surface area contributed by atoms with Crippen LogP contribution in [0.15, 0.2) is 21.5 Å². The smallest absolute Gasteiger partial charge is 0.354 e. The van der Waals surface area contributed by atoms with Crippen LogP contribution >= 0.6 is 0 Å². The molecule has 3 aliphatic rings. The fourth-order valence-corrected chi connectivity index (χ4v) is 6.32. The Bertz CT molecular complexity index is 1240. The molecule has 2 heterocycles. The van der Waals surface area contributed by atoms with E-state index in [1.54, 1.807) is 11.8 Å². The number of nitrogens with two attached hydrogens (primary N) is 1. The molecular weight excluding hydrogens is 442 g/mol. The number of hydrogen-bond donors (Lipinski definition) is 2. The summed E-state index contributed by atoms with van der Waals surface area (Å²) in [6.45, 7) is 5.75. The van der Waals surface area contributed by atoms with Crippen molar-refractivity contribution in [2.45, 2.75) is 63.3 Å². The van der Waals surface area contributed by atoms with E-state index < -0.39 is 15.9 Å². The SMILES string of the molecule is COC[C@H]1CCc2cc3c(c(NC(=O)N=[S@@](N)(=O)c4cnn5c4OCC(C)(C)C5)c21)CCC3. The fourth-order valence-electron chi connectivity index (χ4n) is 5.31. The highest BCUT2D eigenvalue weighted by Gasteiger charge is 2.33. The summed E-state index contributed by atoms with van der Waals surface area (Å²) in [7, 11) is -1.84. The Labute approximate surface area is 194 Å². The summed E-state index contributed by atoms with van der Waals surface area (Å²) in [6.07, 6.45) is 6.29. The lowest BCUT2D eigenvalue weighted by atomic mass is 9.94. The van der Waals surface area contributed by atoms with Crippen molar-refractivity contribution in [2.24, 2.45) is 14.9 Å². The van der Waals surface area contributed by atoms with Crippen LogP contribution in [-0.2, 0) is 40.5 Å². The van der Waals surface area contributed by atoms with Crippen molar-refractivity contribution in [2.75, 3.05) is 25.6 Å². The van der Waals surface area contributed by atoms with Crippen molar-refractivity contribution in [3.8, 4) is 5.88 Å². The molecule has 2 aromatic rings. The van der Waals surface area contributed by atoms with Crippen LogP contribution in [0.2, 0.25) is 0 Å². The molecule has 0 unspecified atom stereocenters. The van der Waals surface area contributed by atoms with E-state index in [1.165, 1.54) is 17.3 Å². The van der Waals surface area contributed by atoms with E-state index in [2.05, 4.69) is 34.7 Å². The minimum absolute atomic E-state index is 0.104. The highest BCUT2D eigenvalue weighted by molar-refractivity contribution is 7.91. The second-order valence-electron chi connectivity index (χ2n) is 10.0. The van der Waals surface area contributed by atoms with E-state index in [1.807, 2.05) is 0 Å². The Kier molecular flexibility index (Phi) is 5.49. The van der Waals surface area contributed by atoms with Gasteiger partial charge in [0.1, 0.15) is 4.90 Å². The van der Waals surface area contributed by atoms with Gasteiger partial charge in [0.25, 0.3) is 0 Å². The van der Waals surface area contributed by atoms with Crippen LogP contribution in [0.1, 0.15) is 54.9 Å². The minimum Gasteiger partial charge on any atom is -0.476 e. The number of nitrogens with one attached hydrogen (secondary N) is 1. The van der Waals surface area contributed by atoms with Crippen molar-refractivity contribution < 1.29 is 18.5 Å². The lowest BCUT2D eigenvalue weighted by molar-refractivity contribution is 0.0972. The molecule has 1 aromatic carbocycles. The number of amides is 2. The molecule has 2 atom stereocenters. The van der Waals surface area contributed by atoms with E-state index in [0.29, 0.717) is 25.6 Å². The summed E-state index contributed by atoms with van der Waals surface area (Å²) in [6, 6.07) is 1.56. The molecule has 0 spiro atoms. The molecule has 33 heavy (non-hydrogen) atoms. The van der Waals surface area contributed by atoms with Gasteiger partial charge in [0.05, 0.1) is 26.0 Å². The number of carbonyl (C=O) groups excluding carboxylic acids is 1. The molecule has 2 aliphatic carbocycles. The average Bonchev–Trinajstić information content (AvgIpc) is 3.45. The number of carbonyl (C=O) groups is 1. The highest BCUT2D eigenvalue weighted by atomic mass is 32.2. The van der Waals surface area contributed by atoms with Gasteiger partial charge in [0.2, 0.25) is 5.88 Å². The highest BCUT2D eigenvalue weighted by Crippen LogP contribution is 2.44. The third-order valence-electron chi connectivity index (χ3n) is 6.77. The van der Waals surface area contributed by atoms with Crippen LogP contribution in [0, 0.1) is 5.41 Å². The second-order valence-corrected chi connectivity index (χ2v) is 11.8. The molecule has 5 rings (SSSR count). The van der Waals surface area contributed by atoms with Gasteiger partial charge in [0, 0.05) is 24.1 Å². The molecule has 1 aromatic heterocycles. The summed E-state index contributed by atoms with van der Waals surface area (Å²) >= 11 is 0. The van der Waals surface area contributed by atoms with Gasteiger partial charge in [-0.15, -0.1) is 4.36 Å². The Morgan fingerprint density at radius 3 is 3.00 bits per heavy atom. The third-order valence-corrected chi connectivity index (χ3v) is 8.11.